The molecule has 84 valence electrons. The lowest BCUT2D eigenvalue weighted by Crippen LogP contribution is -2.31. The number of aliphatic hydroxyl groups is 1. The molecule has 0 radical (unpaired) electrons. The van der Waals surface area contributed by atoms with E-state index in [4.69, 9.17) is 0 Å². The Kier molecular flexibility index (Phi) is 4.77. The maximum atomic E-state index is 10.2. The van der Waals surface area contributed by atoms with Crippen molar-refractivity contribution in [1.82, 2.24) is 5.32 Å². The van der Waals surface area contributed by atoms with Gasteiger partial charge in [0, 0.05) is 10.9 Å². The molecular formula is C12H18BrNO. The SMILES string of the molecule is CNCCC(C)(O)Cc1ccccc1Br. The average molecular weight is 272 g/mol. The van der Waals surface area contributed by atoms with E-state index in [1.807, 2.05) is 38.2 Å². The Labute approximate surface area is 99.8 Å². The van der Waals surface area contributed by atoms with Gasteiger partial charge in [0.2, 0.25) is 0 Å². The van der Waals surface area contributed by atoms with Crippen molar-refractivity contribution in [1.29, 1.82) is 0 Å². The first kappa shape index (κ1) is 12.7. The molecule has 0 aliphatic heterocycles. The summed E-state index contributed by atoms with van der Waals surface area (Å²) in [6, 6.07) is 8.02. The fourth-order valence-electron chi connectivity index (χ4n) is 1.53. The number of benzene rings is 1. The molecule has 2 nitrogen and oxygen atoms in total. The van der Waals surface area contributed by atoms with E-state index >= 15 is 0 Å². The van der Waals surface area contributed by atoms with E-state index in [9.17, 15) is 5.11 Å². The molecule has 2 N–H and O–H groups in total. The smallest absolute Gasteiger partial charge is 0.0672 e. The summed E-state index contributed by atoms with van der Waals surface area (Å²) in [4.78, 5) is 0. The van der Waals surface area contributed by atoms with E-state index in [0.29, 0.717) is 6.42 Å². The van der Waals surface area contributed by atoms with Gasteiger partial charge in [0.1, 0.15) is 0 Å². The van der Waals surface area contributed by atoms with E-state index in [1.165, 1.54) is 0 Å². The zero-order valence-electron chi connectivity index (χ0n) is 9.26. The third-order valence-corrected chi connectivity index (χ3v) is 3.22. The van der Waals surface area contributed by atoms with Crippen LogP contribution in [0.25, 0.3) is 0 Å². The summed E-state index contributed by atoms with van der Waals surface area (Å²) in [6.07, 6.45) is 1.43. The van der Waals surface area contributed by atoms with Crippen LogP contribution in [-0.4, -0.2) is 24.3 Å². The highest BCUT2D eigenvalue weighted by atomic mass is 79.9. The lowest BCUT2D eigenvalue weighted by Gasteiger charge is -2.23. The number of nitrogens with one attached hydrogen (secondary N) is 1. The summed E-state index contributed by atoms with van der Waals surface area (Å²) in [5.41, 5.74) is 0.506. The molecule has 0 fully saturated rings. The van der Waals surface area contributed by atoms with Crippen molar-refractivity contribution < 1.29 is 5.11 Å². The monoisotopic (exact) mass is 271 g/mol. The molecule has 15 heavy (non-hydrogen) atoms. The summed E-state index contributed by atoms with van der Waals surface area (Å²) >= 11 is 3.49. The molecule has 1 unspecified atom stereocenters. The van der Waals surface area contributed by atoms with Crippen LogP contribution in [0.4, 0.5) is 0 Å². The Balaban J connectivity index is 2.64. The van der Waals surface area contributed by atoms with Gasteiger partial charge in [-0.25, -0.2) is 0 Å². The van der Waals surface area contributed by atoms with Gasteiger partial charge < -0.3 is 10.4 Å². The average Bonchev–Trinajstić information content (AvgIpc) is 2.18. The van der Waals surface area contributed by atoms with Gasteiger partial charge in [-0.1, -0.05) is 34.1 Å². The highest BCUT2D eigenvalue weighted by Gasteiger charge is 2.20. The summed E-state index contributed by atoms with van der Waals surface area (Å²) < 4.78 is 1.06. The van der Waals surface area contributed by atoms with Crippen LogP contribution < -0.4 is 5.32 Å². The Morgan fingerprint density at radius 1 is 1.40 bits per heavy atom. The molecular weight excluding hydrogens is 254 g/mol. The van der Waals surface area contributed by atoms with Crippen LogP contribution in [0.15, 0.2) is 28.7 Å². The van der Waals surface area contributed by atoms with Crippen LogP contribution in [0, 0.1) is 0 Å². The highest BCUT2D eigenvalue weighted by Crippen LogP contribution is 2.22. The standard InChI is InChI=1S/C12H18BrNO/c1-12(15,7-8-14-2)9-10-5-3-4-6-11(10)13/h3-6,14-15H,7-9H2,1-2H3. The quantitative estimate of drug-likeness (QED) is 0.862. The van der Waals surface area contributed by atoms with E-state index in [-0.39, 0.29) is 0 Å². The highest BCUT2D eigenvalue weighted by molar-refractivity contribution is 9.10. The Bertz CT molecular complexity index is 312. The van der Waals surface area contributed by atoms with Crippen LogP contribution in [0.3, 0.4) is 0 Å². The van der Waals surface area contributed by atoms with Crippen molar-refractivity contribution in [3.05, 3.63) is 34.3 Å². The van der Waals surface area contributed by atoms with Crippen molar-refractivity contribution in [2.24, 2.45) is 0 Å². The van der Waals surface area contributed by atoms with Crippen molar-refractivity contribution >= 4 is 15.9 Å². The molecule has 1 aromatic rings. The fourth-order valence-corrected chi connectivity index (χ4v) is 1.96. The second-order valence-electron chi connectivity index (χ2n) is 4.12. The predicted molar refractivity (Wildman–Crippen MR) is 67.0 cm³/mol. The lowest BCUT2D eigenvalue weighted by molar-refractivity contribution is 0.0519. The maximum absolute atomic E-state index is 10.2. The minimum absolute atomic E-state index is 0.646. The number of halogens is 1. The summed E-state index contributed by atoms with van der Waals surface area (Å²) in [7, 11) is 1.90. The third kappa shape index (κ3) is 4.33. The number of rotatable bonds is 5. The van der Waals surface area contributed by atoms with E-state index in [2.05, 4.69) is 21.2 Å². The van der Waals surface area contributed by atoms with Crippen molar-refractivity contribution in [3.63, 3.8) is 0 Å². The van der Waals surface area contributed by atoms with Crippen molar-refractivity contribution in [2.75, 3.05) is 13.6 Å². The van der Waals surface area contributed by atoms with Gasteiger partial charge >= 0.3 is 0 Å². The van der Waals surface area contributed by atoms with Gasteiger partial charge in [0.05, 0.1) is 5.60 Å². The third-order valence-electron chi connectivity index (χ3n) is 2.44. The van der Waals surface area contributed by atoms with Crippen LogP contribution in [0.5, 0.6) is 0 Å². The fraction of sp³-hybridized carbons (Fsp3) is 0.500. The minimum atomic E-state index is -0.646. The van der Waals surface area contributed by atoms with Crippen LogP contribution in [0.1, 0.15) is 18.9 Å². The first-order chi connectivity index (χ1) is 7.05. The molecule has 1 rings (SSSR count). The van der Waals surface area contributed by atoms with E-state index in [1.54, 1.807) is 0 Å². The van der Waals surface area contributed by atoms with Crippen LogP contribution >= 0.6 is 15.9 Å². The molecule has 0 bridgehead atoms. The molecule has 1 aromatic carbocycles. The normalized spacial score (nSPS) is 14.9. The molecule has 0 aliphatic carbocycles. The Hall–Kier alpha value is -0.380. The summed E-state index contributed by atoms with van der Waals surface area (Å²) in [5, 5.41) is 13.2. The van der Waals surface area contributed by atoms with Gasteiger partial charge in [0.15, 0.2) is 0 Å². The molecule has 1 atom stereocenters. The van der Waals surface area contributed by atoms with Gasteiger partial charge in [-0.3, -0.25) is 0 Å². The number of hydrogen-bond acceptors (Lipinski definition) is 2. The molecule has 3 heteroatoms. The molecule has 0 spiro atoms. The van der Waals surface area contributed by atoms with Crippen LogP contribution in [-0.2, 0) is 6.42 Å². The Morgan fingerprint density at radius 3 is 2.67 bits per heavy atom. The molecule has 0 heterocycles. The topological polar surface area (TPSA) is 32.3 Å². The molecule has 0 aromatic heterocycles. The van der Waals surface area contributed by atoms with Crippen molar-refractivity contribution in [3.8, 4) is 0 Å². The van der Waals surface area contributed by atoms with Gasteiger partial charge in [-0.05, 0) is 38.6 Å². The second-order valence-corrected chi connectivity index (χ2v) is 4.97. The lowest BCUT2D eigenvalue weighted by atomic mass is 9.93. The van der Waals surface area contributed by atoms with E-state index in [0.717, 1.165) is 23.0 Å². The Morgan fingerprint density at radius 2 is 2.07 bits per heavy atom. The van der Waals surface area contributed by atoms with Gasteiger partial charge in [0.25, 0.3) is 0 Å². The molecule has 0 saturated carbocycles. The maximum Gasteiger partial charge on any atom is 0.0672 e. The zero-order chi connectivity index (χ0) is 11.3. The minimum Gasteiger partial charge on any atom is -0.390 e. The van der Waals surface area contributed by atoms with Gasteiger partial charge in [-0.15, -0.1) is 0 Å². The number of hydrogen-bond donors (Lipinski definition) is 2. The molecule has 0 aliphatic rings. The molecule has 0 saturated heterocycles. The van der Waals surface area contributed by atoms with Gasteiger partial charge in [-0.2, -0.15) is 0 Å². The summed E-state index contributed by atoms with van der Waals surface area (Å²) in [5.74, 6) is 0. The zero-order valence-corrected chi connectivity index (χ0v) is 10.8. The van der Waals surface area contributed by atoms with Crippen LogP contribution in [0.2, 0.25) is 0 Å². The molecule has 0 amide bonds. The first-order valence-corrected chi connectivity index (χ1v) is 5.95. The summed E-state index contributed by atoms with van der Waals surface area (Å²) in [6.45, 7) is 2.71. The van der Waals surface area contributed by atoms with Crippen molar-refractivity contribution in [2.45, 2.75) is 25.4 Å². The van der Waals surface area contributed by atoms with E-state index < -0.39 is 5.60 Å². The largest absolute Gasteiger partial charge is 0.390 e. The first-order valence-electron chi connectivity index (χ1n) is 5.15. The predicted octanol–water partition coefficient (Wildman–Crippen LogP) is 2.35. The second kappa shape index (κ2) is 5.64.